The van der Waals surface area contributed by atoms with E-state index in [2.05, 4.69) is 10.4 Å². The summed E-state index contributed by atoms with van der Waals surface area (Å²) < 4.78 is 1.45. The lowest BCUT2D eigenvalue weighted by Gasteiger charge is -2.07. The first kappa shape index (κ1) is 12.3. The van der Waals surface area contributed by atoms with Gasteiger partial charge in [-0.15, -0.1) is 0 Å². The van der Waals surface area contributed by atoms with Crippen LogP contribution in [0.1, 0.15) is 10.4 Å². The number of carbonyl (C=O) groups is 1. The van der Waals surface area contributed by atoms with Gasteiger partial charge < -0.3 is 16.2 Å². The van der Waals surface area contributed by atoms with Crippen molar-refractivity contribution in [3.63, 3.8) is 0 Å². The van der Waals surface area contributed by atoms with Crippen molar-refractivity contribution in [3.8, 4) is 5.75 Å². The van der Waals surface area contributed by atoms with Gasteiger partial charge in [0.1, 0.15) is 5.75 Å². The summed E-state index contributed by atoms with van der Waals surface area (Å²) in [6.45, 7) is 0. The van der Waals surface area contributed by atoms with Crippen molar-refractivity contribution in [1.29, 1.82) is 0 Å². The van der Waals surface area contributed by atoms with Crippen LogP contribution in [0.2, 0.25) is 5.02 Å². The van der Waals surface area contributed by atoms with E-state index in [1.807, 2.05) is 0 Å². The second-order valence-electron chi connectivity index (χ2n) is 3.69. The van der Waals surface area contributed by atoms with Crippen molar-refractivity contribution < 1.29 is 9.90 Å². The highest BCUT2D eigenvalue weighted by atomic mass is 35.5. The van der Waals surface area contributed by atoms with Gasteiger partial charge >= 0.3 is 0 Å². The standard InChI is InChI=1S/C11H11ClN4O2/c1-16-10(8(13)5-14-16)15-11(18)6-2-3-9(17)7(12)4-6/h2-5,17H,13H2,1H3,(H,15,18). The predicted molar refractivity (Wildman–Crippen MR) is 68.7 cm³/mol. The fourth-order valence-electron chi connectivity index (χ4n) is 1.44. The Morgan fingerprint density at radius 3 is 2.83 bits per heavy atom. The van der Waals surface area contributed by atoms with Gasteiger partial charge in [0.2, 0.25) is 0 Å². The third-order valence-corrected chi connectivity index (χ3v) is 2.71. The molecule has 18 heavy (non-hydrogen) atoms. The summed E-state index contributed by atoms with van der Waals surface area (Å²) in [6.07, 6.45) is 1.44. The van der Waals surface area contributed by atoms with E-state index in [1.54, 1.807) is 7.05 Å². The highest BCUT2D eigenvalue weighted by Crippen LogP contribution is 2.24. The molecule has 0 spiro atoms. The number of benzene rings is 1. The molecule has 6 nitrogen and oxygen atoms in total. The SMILES string of the molecule is Cn1ncc(N)c1NC(=O)c1ccc(O)c(Cl)c1. The number of hydrogen-bond donors (Lipinski definition) is 3. The molecule has 0 aliphatic heterocycles. The minimum atomic E-state index is -0.382. The number of carbonyl (C=O) groups excluding carboxylic acids is 1. The molecule has 0 saturated heterocycles. The number of hydrogen-bond acceptors (Lipinski definition) is 4. The zero-order valence-corrected chi connectivity index (χ0v) is 10.3. The number of phenolic OH excluding ortho intramolecular Hbond substituents is 1. The van der Waals surface area contributed by atoms with E-state index in [9.17, 15) is 9.90 Å². The molecule has 1 aromatic carbocycles. The summed E-state index contributed by atoms with van der Waals surface area (Å²) in [7, 11) is 1.66. The number of aryl methyl sites for hydroxylation is 1. The van der Waals surface area contributed by atoms with Crippen LogP contribution >= 0.6 is 11.6 Å². The number of phenols is 1. The Hall–Kier alpha value is -2.21. The first-order valence-corrected chi connectivity index (χ1v) is 5.44. The van der Waals surface area contributed by atoms with Crippen LogP contribution in [0.3, 0.4) is 0 Å². The van der Waals surface area contributed by atoms with Crippen molar-refractivity contribution in [3.05, 3.63) is 35.0 Å². The van der Waals surface area contributed by atoms with E-state index in [1.165, 1.54) is 29.1 Å². The molecule has 0 bridgehead atoms. The van der Waals surface area contributed by atoms with Gasteiger partial charge in [-0.3, -0.25) is 9.48 Å². The highest BCUT2D eigenvalue weighted by Gasteiger charge is 2.12. The zero-order valence-electron chi connectivity index (χ0n) is 9.51. The van der Waals surface area contributed by atoms with Gasteiger partial charge in [0.15, 0.2) is 5.82 Å². The highest BCUT2D eigenvalue weighted by molar-refractivity contribution is 6.32. The van der Waals surface area contributed by atoms with Crippen LogP contribution in [-0.4, -0.2) is 20.8 Å². The number of amides is 1. The number of nitrogens with one attached hydrogen (secondary N) is 1. The Morgan fingerprint density at radius 2 is 2.28 bits per heavy atom. The van der Waals surface area contributed by atoms with Gasteiger partial charge in [-0.05, 0) is 18.2 Å². The number of nitrogen functional groups attached to an aromatic ring is 1. The molecule has 7 heteroatoms. The fourth-order valence-corrected chi connectivity index (χ4v) is 1.62. The maximum atomic E-state index is 11.9. The second-order valence-corrected chi connectivity index (χ2v) is 4.10. The van der Waals surface area contributed by atoms with E-state index >= 15 is 0 Å². The quantitative estimate of drug-likeness (QED) is 0.770. The minimum absolute atomic E-state index is 0.0757. The third-order valence-electron chi connectivity index (χ3n) is 2.41. The van der Waals surface area contributed by atoms with Crippen LogP contribution in [0.15, 0.2) is 24.4 Å². The van der Waals surface area contributed by atoms with E-state index in [0.717, 1.165) is 0 Å². The first-order chi connectivity index (χ1) is 8.49. The average molecular weight is 267 g/mol. The number of anilines is 2. The smallest absolute Gasteiger partial charge is 0.256 e. The number of aromatic hydroxyl groups is 1. The summed E-state index contributed by atoms with van der Waals surface area (Å²) >= 11 is 5.73. The largest absolute Gasteiger partial charge is 0.506 e. The Kier molecular flexibility index (Phi) is 3.12. The molecule has 2 aromatic rings. The molecule has 0 aliphatic carbocycles. The molecule has 0 fully saturated rings. The lowest BCUT2D eigenvalue weighted by Crippen LogP contribution is -2.15. The van der Waals surface area contributed by atoms with Crippen LogP contribution in [-0.2, 0) is 7.05 Å². The van der Waals surface area contributed by atoms with E-state index in [4.69, 9.17) is 17.3 Å². The molecule has 2 rings (SSSR count). The summed E-state index contributed by atoms with van der Waals surface area (Å²) in [5.74, 6) is -0.0512. The normalized spacial score (nSPS) is 10.3. The minimum Gasteiger partial charge on any atom is -0.506 e. The second kappa shape index (κ2) is 4.58. The fraction of sp³-hybridized carbons (Fsp3) is 0.0909. The van der Waals surface area contributed by atoms with Gasteiger partial charge in [-0.25, -0.2) is 0 Å². The monoisotopic (exact) mass is 266 g/mol. The van der Waals surface area contributed by atoms with Crippen molar-refractivity contribution >= 4 is 29.0 Å². The Labute approximate surface area is 108 Å². The molecule has 0 unspecified atom stereocenters. The van der Waals surface area contributed by atoms with E-state index in [0.29, 0.717) is 17.1 Å². The summed E-state index contributed by atoms with van der Waals surface area (Å²) in [4.78, 5) is 11.9. The van der Waals surface area contributed by atoms with E-state index in [-0.39, 0.29) is 16.7 Å². The Morgan fingerprint density at radius 1 is 1.56 bits per heavy atom. The molecule has 1 amide bonds. The number of halogens is 1. The number of rotatable bonds is 2. The van der Waals surface area contributed by atoms with Crippen molar-refractivity contribution in [1.82, 2.24) is 9.78 Å². The maximum absolute atomic E-state index is 11.9. The van der Waals surface area contributed by atoms with Gasteiger partial charge in [0.25, 0.3) is 5.91 Å². The molecule has 0 aliphatic rings. The lowest BCUT2D eigenvalue weighted by atomic mass is 10.2. The molecule has 1 heterocycles. The van der Waals surface area contributed by atoms with Crippen LogP contribution in [0.5, 0.6) is 5.75 Å². The predicted octanol–water partition coefficient (Wildman–Crippen LogP) is 1.61. The van der Waals surface area contributed by atoms with Crippen molar-refractivity contribution in [2.24, 2.45) is 7.05 Å². The average Bonchev–Trinajstić information content (AvgIpc) is 2.64. The molecule has 4 N–H and O–H groups in total. The number of nitrogens with zero attached hydrogens (tertiary/aromatic N) is 2. The maximum Gasteiger partial charge on any atom is 0.256 e. The third kappa shape index (κ3) is 2.23. The summed E-state index contributed by atoms with van der Waals surface area (Å²) in [6, 6.07) is 4.19. The van der Waals surface area contributed by atoms with Crippen LogP contribution < -0.4 is 11.1 Å². The molecular weight excluding hydrogens is 256 g/mol. The number of nitrogens with two attached hydrogens (primary N) is 1. The van der Waals surface area contributed by atoms with Crippen LogP contribution in [0.4, 0.5) is 11.5 Å². The summed E-state index contributed by atoms with van der Waals surface area (Å²) in [5.41, 5.74) is 6.35. The van der Waals surface area contributed by atoms with Crippen LogP contribution in [0.25, 0.3) is 0 Å². The first-order valence-electron chi connectivity index (χ1n) is 5.06. The van der Waals surface area contributed by atoms with Crippen LogP contribution in [0, 0.1) is 0 Å². The van der Waals surface area contributed by atoms with Crippen molar-refractivity contribution in [2.75, 3.05) is 11.1 Å². The van der Waals surface area contributed by atoms with Gasteiger partial charge in [-0.1, -0.05) is 11.6 Å². The van der Waals surface area contributed by atoms with Gasteiger partial charge in [-0.2, -0.15) is 5.10 Å². The molecule has 0 saturated carbocycles. The molecule has 0 radical (unpaired) electrons. The summed E-state index contributed by atoms with van der Waals surface area (Å²) in [5, 5.41) is 15.9. The Balaban J connectivity index is 2.25. The van der Waals surface area contributed by atoms with Crippen molar-refractivity contribution in [2.45, 2.75) is 0 Å². The Bertz CT molecular complexity index is 590. The lowest BCUT2D eigenvalue weighted by molar-refractivity contribution is 0.102. The molecule has 94 valence electrons. The number of aromatic nitrogens is 2. The molecule has 0 atom stereocenters. The molecule has 1 aromatic heterocycles. The van der Waals surface area contributed by atoms with E-state index < -0.39 is 0 Å². The van der Waals surface area contributed by atoms with Gasteiger partial charge in [0, 0.05) is 12.6 Å². The van der Waals surface area contributed by atoms with Gasteiger partial charge in [0.05, 0.1) is 16.9 Å². The zero-order chi connectivity index (χ0) is 13.3. The topological polar surface area (TPSA) is 93.2 Å². The molecular formula is C11H11ClN4O2.